The smallest absolute Gasteiger partial charge is 0.323 e. The molecule has 1 radical (unpaired) electrons. The van der Waals surface area contributed by atoms with Crippen molar-refractivity contribution in [3.63, 3.8) is 0 Å². The van der Waals surface area contributed by atoms with Crippen molar-refractivity contribution in [3.05, 3.63) is 0 Å². The molecule has 1 heterocycles. The Hall–Kier alpha value is -1.14. The molecule has 0 fully saturated rings. The average molecular weight is 228 g/mol. The highest BCUT2D eigenvalue weighted by Crippen LogP contribution is 2.34. The number of carboxylic acids is 1. The van der Waals surface area contributed by atoms with Crippen LogP contribution in [0.5, 0.6) is 0 Å². The first-order chi connectivity index (χ1) is 7.09. The van der Waals surface area contributed by atoms with E-state index in [0.29, 0.717) is 5.84 Å². The molecule has 0 aromatic heterocycles. The molecule has 6 nitrogen and oxygen atoms in total. The molecule has 0 aliphatic carbocycles. The van der Waals surface area contributed by atoms with Crippen molar-refractivity contribution in [1.82, 2.24) is 9.96 Å². The lowest BCUT2D eigenvalue weighted by Gasteiger charge is -2.33. The Morgan fingerprint density at radius 2 is 1.94 bits per heavy atom. The van der Waals surface area contributed by atoms with Gasteiger partial charge >= 0.3 is 5.97 Å². The van der Waals surface area contributed by atoms with Gasteiger partial charge in [0.05, 0.1) is 0 Å². The van der Waals surface area contributed by atoms with Crippen LogP contribution in [-0.2, 0) is 10.0 Å². The predicted molar refractivity (Wildman–Crippen MR) is 58.4 cm³/mol. The normalized spacial score (nSPS) is 23.0. The zero-order chi connectivity index (χ0) is 12.7. The van der Waals surface area contributed by atoms with Gasteiger partial charge in [-0.05, 0) is 27.7 Å². The van der Waals surface area contributed by atoms with Gasteiger partial charge in [-0.2, -0.15) is 0 Å². The number of hydrogen-bond acceptors (Lipinski definition) is 4. The van der Waals surface area contributed by atoms with Gasteiger partial charge in [0.2, 0.25) is 0 Å². The van der Waals surface area contributed by atoms with Crippen molar-refractivity contribution in [2.45, 2.75) is 38.9 Å². The molecule has 1 aliphatic heterocycles. The van der Waals surface area contributed by atoms with Crippen LogP contribution in [0.2, 0.25) is 0 Å². The number of carboxylic acid groups (broad SMARTS) is 1. The van der Waals surface area contributed by atoms with Crippen LogP contribution < -0.4 is 0 Å². The van der Waals surface area contributed by atoms with E-state index in [1.807, 2.05) is 0 Å². The molecule has 6 heteroatoms. The maximum absolute atomic E-state index is 12.0. The van der Waals surface area contributed by atoms with Crippen LogP contribution in [0.25, 0.3) is 0 Å². The zero-order valence-corrected chi connectivity index (χ0v) is 10.3. The summed E-state index contributed by atoms with van der Waals surface area (Å²) in [6.45, 7) is 6.75. The number of aliphatic carboxylic acids is 1. The topological polar surface area (TPSA) is 76.0 Å². The van der Waals surface area contributed by atoms with Crippen LogP contribution in [0, 0.1) is 0 Å². The summed E-state index contributed by atoms with van der Waals surface area (Å²) in [5.41, 5.74) is -1.64. The molecular formula is C10H18N3O3. The van der Waals surface area contributed by atoms with Crippen molar-refractivity contribution < 1.29 is 15.1 Å². The van der Waals surface area contributed by atoms with Gasteiger partial charge in [-0.25, -0.2) is 4.99 Å². The quantitative estimate of drug-likeness (QED) is 0.750. The predicted octanol–water partition coefficient (Wildman–Crippen LogP) is 0.577. The van der Waals surface area contributed by atoms with Gasteiger partial charge in [-0.3, -0.25) is 4.79 Å². The first kappa shape index (κ1) is 12.9. The number of amidine groups is 1. The molecule has 1 rings (SSSR count). The van der Waals surface area contributed by atoms with E-state index in [-0.39, 0.29) is 6.54 Å². The minimum absolute atomic E-state index is 0.161. The maximum atomic E-state index is 12.0. The van der Waals surface area contributed by atoms with Gasteiger partial charge in [0, 0.05) is 7.05 Å². The molecule has 1 aliphatic rings. The molecule has 0 bridgehead atoms. The summed E-state index contributed by atoms with van der Waals surface area (Å²) < 4.78 is 0. The highest BCUT2D eigenvalue weighted by Gasteiger charge is 2.49. The number of likely N-dealkylation sites (N-methyl/N-ethyl adjacent to an activating group) is 1. The monoisotopic (exact) mass is 228 g/mol. The van der Waals surface area contributed by atoms with Crippen LogP contribution in [0.1, 0.15) is 27.7 Å². The molecule has 91 valence electrons. The van der Waals surface area contributed by atoms with Gasteiger partial charge in [0.15, 0.2) is 0 Å². The van der Waals surface area contributed by atoms with Gasteiger partial charge in [-0.15, -0.1) is 10.3 Å². The number of nitrogens with zero attached hydrogens (tertiary/aromatic N) is 3. The summed E-state index contributed by atoms with van der Waals surface area (Å²) in [5.74, 6) is -0.432. The second kappa shape index (κ2) is 3.71. The highest BCUT2D eigenvalue weighted by atomic mass is 16.5. The van der Waals surface area contributed by atoms with E-state index >= 15 is 0 Å². The minimum atomic E-state index is -0.942. The molecule has 16 heavy (non-hydrogen) atoms. The second-order valence-electron chi connectivity index (χ2n) is 5.03. The third-order valence-corrected chi connectivity index (χ3v) is 2.67. The Morgan fingerprint density at radius 1 is 1.44 bits per heavy atom. The van der Waals surface area contributed by atoms with Gasteiger partial charge in [0.1, 0.15) is 23.6 Å². The lowest BCUT2D eigenvalue weighted by molar-refractivity contribution is -0.241. The van der Waals surface area contributed by atoms with Crippen LogP contribution in [-0.4, -0.2) is 51.7 Å². The lowest BCUT2D eigenvalue weighted by atomic mass is 10.0. The molecular weight excluding hydrogens is 210 g/mol. The van der Waals surface area contributed by atoms with Crippen molar-refractivity contribution in [3.8, 4) is 0 Å². The van der Waals surface area contributed by atoms with Crippen LogP contribution >= 0.6 is 0 Å². The summed E-state index contributed by atoms with van der Waals surface area (Å²) in [5, 5.41) is 21.6. The number of hydrogen-bond donors (Lipinski definition) is 1. The molecule has 0 saturated heterocycles. The Balaban J connectivity index is 3.00. The van der Waals surface area contributed by atoms with Crippen molar-refractivity contribution in [1.29, 1.82) is 0 Å². The first-order valence-electron chi connectivity index (χ1n) is 5.10. The third-order valence-electron chi connectivity index (χ3n) is 2.67. The van der Waals surface area contributed by atoms with E-state index in [2.05, 4.69) is 4.99 Å². The van der Waals surface area contributed by atoms with Crippen LogP contribution in [0.15, 0.2) is 4.99 Å². The SMILES string of the molecule is CN(CC(=O)O)C1=NC(C)(C)N([O])C1(C)C. The number of carbonyl (C=O) groups is 1. The Bertz CT molecular complexity index is 336. The number of aliphatic imine (C=N–C) groups is 1. The molecule has 0 aromatic carbocycles. The number of hydroxylamine groups is 2. The third kappa shape index (κ3) is 2.03. The summed E-state index contributed by atoms with van der Waals surface area (Å²) in [7, 11) is 1.63. The fourth-order valence-electron chi connectivity index (χ4n) is 2.05. The Morgan fingerprint density at radius 3 is 2.25 bits per heavy atom. The largest absolute Gasteiger partial charge is 0.480 e. The summed E-state index contributed by atoms with van der Waals surface area (Å²) in [4.78, 5) is 16.4. The maximum Gasteiger partial charge on any atom is 0.323 e. The van der Waals surface area contributed by atoms with Crippen molar-refractivity contribution in [2.75, 3.05) is 13.6 Å². The summed E-state index contributed by atoms with van der Waals surface area (Å²) in [6.07, 6.45) is 0. The summed E-state index contributed by atoms with van der Waals surface area (Å²) >= 11 is 0. The average Bonchev–Trinajstić information content (AvgIpc) is 2.25. The van der Waals surface area contributed by atoms with E-state index in [9.17, 15) is 10.0 Å². The zero-order valence-electron chi connectivity index (χ0n) is 10.3. The minimum Gasteiger partial charge on any atom is -0.480 e. The fourth-order valence-corrected chi connectivity index (χ4v) is 2.05. The number of rotatable bonds is 2. The molecule has 0 atom stereocenters. The highest BCUT2D eigenvalue weighted by molar-refractivity contribution is 5.94. The van der Waals surface area contributed by atoms with Crippen LogP contribution in [0.4, 0.5) is 0 Å². The Labute approximate surface area is 95.1 Å². The van der Waals surface area contributed by atoms with Crippen molar-refractivity contribution >= 4 is 11.8 Å². The van der Waals surface area contributed by atoms with E-state index in [4.69, 9.17) is 5.11 Å². The van der Waals surface area contributed by atoms with Gasteiger partial charge in [0.25, 0.3) is 0 Å². The molecule has 0 unspecified atom stereocenters. The fraction of sp³-hybridized carbons (Fsp3) is 0.800. The van der Waals surface area contributed by atoms with Gasteiger partial charge in [-0.1, -0.05) is 0 Å². The van der Waals surface area contributed by atoms with Gasteiger partial charge < -0.3 is 10.0 Å². The lowest BCUT2D eigenvalue weighted by Crippen LogP contribution is -2.53. The molecule has 0 amide bonds. The van der Waals surface area contributed by atoms with E-state index in [1.54, 1.807) is 34.7 Å². The molecule has 0 saturated carbocycles. The molecule has 1 N–H and O–H groups in total. The Kier molecular flexibility index (Phi) is 3.00. The van der Waals surface area contributed by atoms with Crippen molar-refractivity contribution in [2.24, 2.45) is 4.99 Å². The molecule has 0 aromatic rings. The van der Waals surface area contributed by atoms with Crippen LogP contribution in [0.3, 0.4) is 0 Å². The van der Waals surface area contributed by atoms with E-state index < -0.39 is 17.2 Å². The first-order valence-corrected chi connectivity index (χ1v) is 5.10. The van der Waals surface area contributed by atoms with E-state index in [1.165, 1.54) is 4.90 Å². The second-order valence-corrected chi connectivity index (χ2v) is 5.03. The summed E-state index contributed by atoms with van der Waals surface area (Å²) in [6, 6.07) is 0. The van der Waals surface area contributed by atoms with E-state index in [0.717, 1.165) is 5.06 Å². The standard InChI is InChI=1S/C10H18N3O3/c1-9(2)8(12(5)6-7(14)15)11-10(3,4)13(9)16/h6H2,1-5H3,(H,14,15). The molecule has 0 spiro atoms.